The maximum atomic E-state index is 14.5. The van der Waals surface area contributed by atoms with E-state index >= 15 is 0 Å². The third kappa shape index (κ3) is 6.06. The number of nitrogens with zero attached hydrogens (tertiary/aromatic N) is 3. The number of rotatable bonds is 5. The minimum atomic E-state index is -6.67. The van der Waals surface area contributed by atoms with E-state index in [9.17, 15) is 53.5 Å². The SMILES string of the molecule is CN(C(=O)c1ccc(C#N)cc1)c1cccc(C(=O)N(Br)c2ccc(C(F)(C(F)(F)F)C(F)(F)F)cc2C(F)(F)F)c1. The lowest BCUT2D eigenvalue weighted by Crippen LogP contribution is -2.50. The van der Waals surface area contributed by atoms with Crippen LogP contribution in [-0.4, -0.2) is 31.2 Å². The van der Waals surface area contributed by atoms with Crippen LogP contribution in [0.2, 0.25) is 0 Å². The number of anilines is 2. The van der Waals surface area contributed by atoms with Crippen LogP contribution in [0.4, 0.5) is 55.3 Å². The number of hydrogen-bond acceptors (Lipinski definition) is 3. The van der Waals surface area contributed by atoms with Crippen molar-refractivity contribution in [2.45, 2.75) is 24.2 Å². The lowest BCUT2D eigenvalue weighted by atomic mass is 9.92. The highest BCUT2D eigenvalue weighted by Crippen LogP contribution is 2.54. The lowest BCUT2D eigenvalue weighted by molar-refractivity contribution is -0.348. The van der Waals surface area contributed by atoms with E-state index in [1.54, 1.807) is 0 Å². The molecule has 16 heteroatoms. The molecule has 0 bridgehead atoms. The predicted octanol–water partition coefficient (Wildman–Crippen LogP) is 8.10. The summed E-state index contributed by atoms with van der Waals surface area (Å²) in [5.74, 6) is -1.87. The average molecular weight is 670 g/mol. The van der Waals surface area contributed by atoms with E-state index in [1.165, 1.54) is 43.4 Å². The molecule has 0 aromatic heterocycles. The van der Waals surface area contributed by atoms with Crippen molar-refractivity contribution in [2.24, 2.45) is 0 Å². The molecule has 0 unspecified atom stereocenters. The average Bonchev–Trinajstić information content (AvgIpc) is 2.93. The molecule has 0 aliphatic carbocycles. The quantitative estimate of drug-likeness (QED) is 0.204. The third-order valence-electron chi connectivity index (χ3n) is 5.92. The molecule has 0 radical (unpaired) electrons. The Bertz CT molecular complexity index is 1530. The van der Waals surface area contributed by atoms with E-state index in [-0.39, 0.29) is 38.4 Å². The first-order chi connectivity index (χ1) is 19.2. The largest absolute Gasteiger partial charge is 0.435 e. The zero-order chi connectivity index (χ0) is 31.8. The highest BCUT2D eigenvalue weighted by Gasteiger charge is 2.73. The molecule has 0 N–H and O–H groups in total. The zero-order valence-corrected chi connectivity index (χ0v) is 22.3. The number of carbonyl (C=O) groups excluding carboxylic acids is 2. The molecular formula is C26H14BrF10N3O2. The van der Waals surface area contributed by atoms with Crippen molar-refractivity contribution in [3.8, 4) is 6.07 Å². The summed E-state index contributed by atoms with van der Waals surface area (Å²) in [5.41, 5.74) is -11.8. The zero-order valence-electron chi connectivity index (χ0n) is 20.7. The van der Waals surface area contributed by atoms with Gasteiger partial charge in [-0.3, -0.25) is 9.59 Å². The number of amides is 2. The minimum Gasteiger partial charge on any atom is -0.311 e. The number of benzene rings is 3. The van der Waals surface area contributed by atoms with Crippen molar-refractivity contribution in [1.82, 2.24) is 0 Å². The summed E-state index contributed by atoms with van der Waals surface area (Å²) in [6, 6.07) is 11.4. The topological polar surface area (TPSA) is 64.4 Å². The Labute approximate surface area is 238 Å². The first-order valence-electron chi connectivity index (χ1n) is 11.2. The first kappa shape index (κ1) is 32.4. The fourth-order valence-corrected chi connectivity index (χ4v) is 4.22. The lowest BCUT2D eigenvalue weighted by Gasteiger charge is -2.31. The number of alkyl halides is 10. The summed E-state index contributed by atoms with van der Waals surface area (Å²) in [6.07, 6.45) is -19.0. The second-order valence-corrected chi connectivity index (χ2v) is 9.28. The van der Waals surface area contributed by atoms with Crippen LogP contribution >= 0.6 is 16.1 Å². The molecule has 0 atom stereocenters. The van der Waals surface area contributed by atoms with E-state index in [4.69, 9.17) is 5.26 Å². The monoisotopic (exact) mass is 669 g/mol. The predicted molar refractivity (Wildman–Crippen MR) is 132 cm³/mol. The molecule has 3 aromatic carbocycles. The van der Waals surface area contributed by atoms with Gasteiger partial charge in [0, 0.05) is 29.4 Å². The van der Waals surface area contributed by atoms with Gasteiger partial charge in [-0.05, 0) is 54.6 Å². The Morgan fingerprint density at radius 2 is 1.33 bits per heavy atom. The first-order valence-corrected chi connectivity index (χ1v) is 11.9. The fraction of sp³-hybridized carbons (Fsp3) is 0.192. The number of hydrogen-bond donors (Lipinski definition) is 0. The smallest absolute Gasteiger partial charge is 0.311 e. The molecule has 0 fully saturated rings. The van der Waals surface area contributed by atoms with Crippen molar-refractivity contribution in [2.75, 3.05) is 15.9 Å². The van der Waals surface area contributed by atoms with Gasteiger partial charge < -0.3 is 4.90 Å². The number of carbonyl (C=O) groups is 2. The molecule has 222 valence electrons. The second-order valence-electron chi connectivity index (χ2n) is 8.57. The van der Waals surface area contributed by atoms with Crippen LogP contribution in [0.5, 0.6) is 0 Å². The van der Waals surface area contributed by atoms with Gasteiger partial charge in [-0.25, -0.2) is 8.32 Å². The van der Waals surface area contributed by atoms with E-state index in [0.717, 1.165) is 17.0 Å². The van der Waals surface area contributed by atoms with Gasteiger partial charge >= 0.3 is 24.2 Å². The number of nitriles is 1. The van der Waals surface area contributed by atoms with E-state index < -0.39 is 58.9 Å². The maximum absolute atomic E-state index is 14.5. The summed E-state index contributed by atoms with van der Waals surface area (Å²) < 4.78 is 135. The molecule has 0 saturated carbocycles. The second kappa shape index (κ2) is 11.3. The fourth-order valence-electron chi connectivity index (χ4n) is 3.71. The van der Waals surface area contributed by atoms with Gasteiger partial charge in [-0.1, -0.05) is 12.1 Å². The van der Waals surface area contributed by atoms with Gasteiger partial charge in [0.2, 0.25) is 0 Å². The summed E-state index contributed by atoms with van der Waals surface area (Å²) in [4.78, 5) is 26.9. The summed E-state index contributed by atoms with van der Waals surface area (Å²) in [5, 5.41) is 8.88. The van der Waals surface area contributed by atoms with Crippen LogP contribution in [0.1, 0.15) is 37.4 Å². The Balaban J connectivity index is 2.01. The van der Waals surface area contributed by atoms with Gasteiger partial charge in [0.15, 0.2) is 0 Å². The molecule has 2 amide bonds. The molecule has 5 nitrogen and oxygen atoms in total. The molecule has 0 spiro atoms. The Kier molecular flexibility index (Phi) is 8.69. The van der Waals surface area contributed by atoms with Crippen LogP contribution in [0.25, 0.3) is 0 Å². The summed E-state index contributed by atoms with van der Waals surface area (Å²) in [7, 11) is 1.31. The van der Waals surface area contributed by atoms with Gasteiger partial charge in [0.25, 0.3) is 11.8 Å². The van der Waals surface area contributed by atoms with Crippen molar-refractivity contribution >= 4 is 39.3 Å². The summed E-state index contributed by atoms with van der Waals surface area (Å²) >= 11 is 2.56. The Morgan fingerprint density at radius 1 is 0.762 bits per heavy atom. The van der Waals surface area contributed by atoms with Crippen LogP contribution in [0.15, 0.2) is 66.7 Å². The van der Waals surface area contributed by atoms with Crippen molar-refractivity contribution in [3.05, 3.63) is 94.5 Å². The minimum absolute atomic E-state index is 0.0695. The van der Waals surface area contributed by atoms with Gasteiger partial charge in [-0.15, -0.1) is 0 Å². The van der Waals surface area contributed by atoms with Crippen LogP contribution in [-0.2, 0) is 11.8 Å². The normalized spacial score (nSPS) is 12.5. The van der Waals surface area contributed by atoms with E-state index in [2.05, 4.69) is 16.1 Å². The molecule has 0 aliphatic rings. The van der Waals surface area contributed by atoms with Crippen LogP contribution in [0.3, 0.4) is 0 Å². The highest BCUT2D eigenvalue weighted by molar-refractivity contribution is 9.10. The third-order valence-corrected chi connectivity index (χ3v) is 6.62. The van der Waals surface area contributed by atoms with E-state index in [0.29, 0.717) is 0 Å². The van der Waals surface area contributed by atoms with Crippen molar-refractivity contribution in [1.29, 1.82) is 5.26 Å². The molecule has 0 saturated heterocycles. The molecule has 3 aromatic rings. The van der Waals surface area contributed by atoms with Gasteiger partial charge in [0.1, 0.15) is 0 Å². The summed E-state index contributed by atoms with van der Waals surface area (Å²) in [6.45, 7) is 0. The van der Waals surface area contributed by atoms with Gasteiger partial charge in [-0.2, -0.15) is 44.8 Å². The standard InChI is InChI=1S/C26H14BrF10N3O2/c1-39(21(41)15-7-5-14(13-38)6-8-15)18-4-2-3-16(11-18)22(42)40(27)20-10-9-17(12-19(20)24(29,30)31)23(28,25(32,33)34)26(35,36)37/h2-12H,1H3. The van der Waals surface area contributed by atoms with Crippen molar-refractivity contribution in [3.63, 3.8) is 0 Å². The molecule has 3 rings (SSSR count). The molecular weight excluding hydrogens is 656 g/mol. The van der Waals surface area contributed by atoms with Gasteiger partial charge in [0.05, 0.1) is 39.0 Å². The van der Waals surface area contributed by atoms with Crippen LogP contribution < -0.4 is 8.83 Å². The maximum Gasteiger partial charge on any atom is 0.435 e. The molecule has 0 aliphatic heterocycles. The van der Waals surface area contributed by atoms with E-state index in [1.807, 2.05) is 6.07 Å². The highest BCUT2D eigenvalue weighted by atomic mass is 79.9. The number of halogens is 11. The molecule has 0 heterocycles. The Morgan fingerprint density at radius 3 is 1.83 bits per heavy atom. The Hall–Kier alpha value is -4.13. The molecule has 42 heavy (non-hydrogen) atoms. The van der Waals surface area contributed by atoms with Crippen molar-refractivity contribution < 1.29 is 53.5 Å². The van der Waals surface area contributed by atoms with Crippen LogP contribution in [0, 0.1) is 11.3 Å².